The molecule has 1 heterocycles. The first-order valence-electron chi connectivity index (χ1n) is 5.81. The summed E-state index contributed by atoms with van der Waals surface area (Å²) in [6.45, 7) is 5.96. The van der Waals surface area contributed by atoms with Gasteiger partial charge in [0.1, 0.15) is 6.04 Å². The minimum atomic E-state index is -0.315. The number of likely N-dealkylation sites (N-methyl/N-ethyl adjacent to an activating group) is 1. The molecule has 0 spiro atoms. The van der Waals surface area contributed by atoms with Crippen LogP contribution >= 0.6 is 0 Å². The van der Waals surface area contributed by atoms with E-state index in [2.05, 4.69) is 6.07 Å². The number of carbonyl (C=O) groups excluding carboxylic acids is 1. The van der Waals surface area contributed by atoms with Crippen molar-refractivity contribution in [3.05, 3.63) is 0 Å². The minimum absolute atomic E-state index is 0.0300. The predicted octanol–water partition coefficient (Wildman–Crippen LogP) is 0.468. The van der Waals surface area contributed by atoms with Gasteiger partial charge in [-0.3, -0.25) is 9.69 Å². The van der Waals surface area contributed by atoms with Crippen LogP contribution < -0.4 is 0 Å². The molecule has 1 unspecified atom stereocenters. The fourth-order valence-corrected chi connectivity index (χ4v) is 2.40. The normalized spacial score (nSPS) is 24.8. The van der Waals surface area contributed by atoms with Gasteiger partial charge in [-0.2, -0.15) is 5.26 Å². The van der Waals surface area contributed by atoms with Gasteiger partial charge in [0.2, 0.25) is 5.91 Å². The summed E-state index contributed by atoms with van der Waals surface area (Å²) in [5.41, 5.74) is -0.212. The molecule has 5 heteroatoms. The maximum Gasteiger partial charge on any atom is 0.241 e. The molecule has 0 aromatic heterocycles. The number of nitrogens with zero attached hydrogens (tertiary/aromatic N) is 3. The highest BCUT2D eigenvalue weighted by atomic mass is 16.5. The molecule has 1 saturated heterocycles. The van der Waals surface area contributed by atoms with E-state index in [-0.39, 0.29) is 23.9 Å². The Balaban J connectivity index is 2.85. The van der Waals surface area contributed by atoms with Gasteiger partial charge in [0.05, 0.1) is 24.6 Å². The zero-order valence-corrected chi connectivity index (χ0v) is 11.1. The van der Waals surface area contributed by atoms with E-state index in [1.807, 2.05) is 30.7 Å². The second kappa shape index (κ2) is 5.48. The van der Waals surface area contributed by atoms with Crippen LogP contribution in [0.15, 0.2) is 0 Å². The van der Waals surface area contributed by atoms with Crippen LogP contribution in [0.25, 0.3) is 0 Å². The maximum absolute atomic E-state index is 12.3. The molecule has 0 bridgehead atoms. The van der Waals surface area contributed by atoms with Crippen molar-refractivity contribution in [1.82, 2.24) is 9.80 Å². The first-order valence-corrected chi connectivity index (χ1v) is 5.81. The molecule has 1 aliphatic rings. The monoisotopic (exact) mass is 239 g/mol. The minimum Gasteiger partial charge on any atom is -0.383 e. The Morgan fingerprint density at radius 3 is 2.76 bits per heavy atom. The SMILES string of the molecule is COCCN1C(=O)C(CC#N)N(C)CC1(C)C. The standard InChI is InChI=1S/C12H21N3O2/c1-12(2)9-14(3)10(5-6-13)11(16)15(12)7-8-17-4/h10H,5,7-9H2,1-4H3. The van der Waals surface area contributed by atoms with Crippen molar-refractivity contribution in [3.8, 4) is 6.07 Å². The first-order chi connectivity index (χ1) is 7.94. The van der Waals surface area contributed by atoms with E-state index in [1.165, 1.54) is 0 Å². The smallest absolute Gasteiger partial charge is 0.241 e. The van der Waals surface area contributed by atoms with Crippen molar-refractivity contribution >= 4 is 5.91 Å². The second-order valence-corrected chi connectivity index (χ2v) is 5.09. The number of carbonyl (C=O) groups is 1. The fraction of sp³-hybridized carbons (Fsp3) is 0.833. The molecule has 1 atom stereocenters. The number of hydrogen-bond donors (Lipinski definition) is 0. The highest BCUT2D eigenvalue weighted by Crippen LogP contribution is 2.25. The van der Waals surface area contributed by atoms with Crippen molar-refractivity contribution in [2.45, 2.75) is 31.8 Å². The van der Waals surface area contributed by atoms with Crippen LogP contribution in [0.2, 0.25) is 0 Å². The number of nitriles is 1. The first kappa shape index (κ1) is 13.9. The molecule has 0 N–H and O–H groups in total. The Bertz CT molecular complexity index is 322. The molecule has 96 valence electrons. The van der Waals surface area contributed by atoms with Gasteiger partial charge in [0.15, 0.2) is 0 Å². The van der Waals surface area contributed by atoms with Crippen molar-refractivity contribution < 1.29 is 9.53 Å². The van der Waals surface area contributed by atoms with Gasteiger partial charge < -0.3 is 9.64 Å². The van der Waals surface area contributed by atoms with Crippen LogP contribution in [0.1, 0.15) is 20.3 Å². The second-order valence-electron chi connectivity index (χ2n) is 5.09. The molecular weight excluding hydrogens is 218 g/mol. The summed E-state index contributed by atoms with van der Waals surface area (Å²) < 4.78 is 5.04. The van der Waals surface area contributed by atoms with E-state index >= 15 is 0 Å². The summed E-state index contributed by atoms with van der Waals surface area (Å²) in [6, 6.07) is 1.77. The van der Waals surface area contributed by atoms with Gasteiger partial charge in [-0.05, 0) is 20.9 Å². The quantitative estimate of drug-likeness (QED) is 0.715. The lowest BCUT2D eigenvalue weighted by Crippen LogP contribution is -2.65. The number of rotatable bonds is 4. The summed E-state index contributed by atoms with van der Waals surface area (Å²) in [4.78, 5) is 16.1. The summed E-state index contributed by atoms with van der Waals surface area (Å²) in [6.07, 6.45) is 0.245. The molecule has 1 aliphatic heterocycles. The third-order valence-corrected chi connectivity index (χ3v) is 3.25. The van der Waals surface area contributed by atoms with E-state index in [0.717, 1.165) is 6.54 Å². The molecule has 1 fully saturated rings. The number of ether oxygens (including phenoxy) is 1. The fourth-order valence-electron chi connectivity index (χ4n) is 2.40. The Morgan fingerprint density at radius 1 is 1.59 bits per heavy atom. The van der Waals surface area contributed by atoms with Crippen LogP contribution in [0.4, 0.5) is 0 Å². The van der Waals surface area contributed by atoms with Gasteiger partial charge in [0, 0.05) is 20.2 Å². The number of piperazine rings is 1. The molecule has 0 saturated carbocycles. The molecular formula is C12H21N3O2. The zero-order chi connectivity index (χ0) is 13.1. The van der Waals surface area contributed by atoms with E-state index in [4.69, 9.17) is 10.00 Å². The van der Waals surface area contributed by atoms with Crippen LogP contribution in [0, 0.1) is 11.3 Å². The van der Waals surface area contributed by atoms with Crippen LogP contribution in [-0.4, -0.2) is 61.1 Å². The lowest BCUT2D eigenvalue weighted by Gasteiger charge is -2.49. The Morgan fingerprint density at radius 2 is 2.24 bits per heavy atom. The van der Waals surface area contributed by atoms with Crippen LogP contribution in [0.3, 0.4) is 0 Å². The van der Waals surface area contributed by atoms with Gasteiger partial charge in [-0.1, -0.05) is 0 Å². The van der Waals surface area contributed by atoms with Gasteiger partial charge >= 0.3 is 0 Å². The molecule has 0 aromatic carbocycles. The van der Waals surface area contributed by atoms with Crippen LogP contribution in [0.5, 0.6) is 0 Å². The number of amides is 1. The van der Waals surface area contributed by atoms with E-state index in [1.54, 1.807) is 7.11 Å². The van der Waals surface area contributed by atoms with Gasteiger partial charge in [0.25, 0.3) is 0 Å². The largest absolute Gasteiger partial charge is 0.383 e. The Hall–Kier alpha value is -1.12. The summed E-state index contributed by atoms with van der Waals surface area (Å²) in [7, 11) is 3.52. The molecule has 1 rings (SSSR count). The number of methoxy groups -OCH3 is 1. The van der Waals surface area contributed by atoms with Crippen LogP contribution in [-0.2, 0) is 9.53 Å². The topological polar surface area (TPSA) is 56.6 Å². The van der Waals surface area contributed by atoms with Crippen molar-refractivity contribution in [1.29, 1.82) is 5.26 Å². The lowest BCUT2D eigenvalue weighted by molar-refractivity contribution is -0.151. The summed E-state index contributed by atoms with van der Waals surface area (Å²) in [5, 5.41) is 8.77. The summed E-state index contributed by atoms with van der Waals surface area (Å²) >= 11 is 0. The molecule has 17 heavy (non-hydrogen) atoms. The van der Waals surface area contributed by atoms with E-state index in [9.17, 15) is 4.79 Å². The van der Waals surface area contributed by atoms with Crippen molar-refractivity contribution in [2.24, 2.45) is 0 Å². The Labute approximate surface area is 103 Å². The van der Waals surface area contributed by atoms with Gasteiger partial charge in [-0.25, -0.2) is 0 Å². The predicted molar refractivity (Wildman–Crippen MR) is 64.3 cm³/mol. The average Bonchev–Trinajstić information content (AvgIpc) is 2.23. The Kier molecular flexibility index (Phi) is 4.49. The highest BCUT2D eigenvalue weighted by molar-refractivity contribution is 5.83. The molecule has 5 nitrogen and oxygen atoms in total. The van der Waals surface area contributed by atoms with Crippen molar-refractivity contribution in [3.63, 3.8) is 0 Å². The van der Waals surface area contributed by atoms with Gasteiger partial charge in [-0.15, -0.1) is 0 Å². The van der Waals surface area contributed by atoms with E-state index < -0.39 is 0 Å². The lowest BCUT2D eigenvalue weighted by atomic mass is 9.94. The van der Waals surface area contributed by atoms with Crippen molar-refractivity contribution in [2.75, 3.05) is 33.9 Å². The molecule has 1 amide bonds. The zero-order valence-electron chi connectivity index (χ0n) is 11.1. The average molecular weight is 239 g/mol. The molecule has 0 aromatic rings. The third kappa shape index (κ3) is 2.96. The van der Waals surface area contributed by atoms with E-state index in [0.29, 0.717) is 13.2 Å². The highest BCUT2D eigenvalue weighted by Gasteiger charge is 2.42. The molecule has 0 radical (unpaired) electrons. The maximum atomic E-state index is 12.3. The summed E-state index contributed by atoms with van der Waals surface area (Å²) in [5.74, 6) is 0.0300. The number of hydrogen-bond acceptors (Lipinski definition) is 4. The third-order valence-electron chi connectivity index (χ3n) is 3.25. The molecule has 0 aliphatic carbocycles.